The molecule has 5 heteroatoms. The summed E-state index contributed by atoms with van der Waals surface area (Å²) in [6, 6.07) is 0.531. The molecule has 0 saturated carbocycles. The highest BCUT2D eigenvalue weighted by molar-refractivity contribution is 9.10. The monoisotopic (exact) mass is 305 g/mol. The quantitative estimate of drug-likeness (QED) is 0.801. The molecule has 1 aliphatic rings. The van der Waals surface area contributed by atoms with Crippen LogP contribution in [0.2, 0.25) is 0 Å². The number of likely N-dealkylation sites (tertiary alicyclic amines) is 1. The van der Waals surface area contributed by atoms with Gasteiger partial charge in [0.15, 0.2) is 0 Å². The standard InChI is InChI=1S/C11H17BrClN3/c1-8-11(12)10(15(2)14-8)7-16-5-3-4-9(16)6-13/h9H,3-7H2,1-2H3. The molecule has 0 spiro atoms. The number of aryl methyl sites for hydroxylation is 2. The topological polar surface area (TPSA) is 21.1 Å². The zero-order valence-electron chi connectivity index (χ0n) is 9.71. The molecule has 0 amide bonds. The maximum absolute atomic E-state index is 5.98. The van der Waals surface area contributed by atoms with Gasteiger partial charge in [-0.3, -0.25) is 9.58 Å². The summed E-state index contributed by atoms with van der Waals surface area (Å²) >= 11 is 9.58. The average molecular weight is 307 g/mol. The van der Waals surface area contributed by atoms with Crippen molar-refractivity contribution >= 4 is 27.5 Å². The van der Waals surface area contributed by atoms with Gasteiger partial charge in [-0.25, -0.2) is 0 Å². The fourth-order valence-corrected chi connectivity index (χ4v) is 3.13. The minimum Gasteiger partial charge on any atom is -0.293 e. The number of halogens is 2. The summed E-state index contributed by atoms with van der Waals surface area (Å²) in [5.74, 6) is 0.731. The molecular formula is C11H17BrClN3. The molecule has 1 fully saturated rings. The van der Waals surface area contributed by atoms with Crippen molar-refractivity contribution in [3.8, 4) is 0 Å². The number of nitrogens with zero attached hydrogens (tertiary/aromatic N) is 3. The third-order valence-corrected chi connectivity index (χ3v) is 4.68. The van der Waals surface area contributed by atoms with Crippen molar-refractivity contribution in [3.05, 3.63) is 15.9 Å². The summed E-state index contributed by atoms with van der Waals surface area (Å²) < 4.78 is 3.10. The van der Waals surface area contributed by atoms with E-state index in [4.69, 9.17) is 11.6 Å². The maximum atomic E-state index is 5.98. The second-order valence-corrected chi connectivity index (χ2v) is 5.49. The van der Waals surface area contributed by atoms with E-state index < -0.39 is 0 Å². The van der Waals surface area contributed by atoms with Crippen LogP contribution in [0, 0.1) is 6.92 Å². The molecule has 1 aromatic heterocycles. The van der Waals surface area contributed by atoms with Crippen LogP contribution in [0.4, 0.5) is 0 Å². The lowest BCUT2D eigenvalue weighted by molar-refractivity contribution is 0.255. The van der Waals surface area contributed by atoms with E-state index in [0.717, 1.165) is 29.1 Å². The third-order valence-electron chi connectivity index (χ3n) is 3.29. The van der Waals surface area contributed by atoms with E-state index in [0.29, 0.717) is 6.04 Å². The summed E-state index contributed by atoms with van der Waals surface area (Å²) in [5.41, 5.74) is 2.30. The second kappa shape index (κ2) is 5.07. The zero-order chi connectivity index (χ0) is 11.7. The Labute approximate surface area is 110 Å². The Hall–Kier alpha value is -0.0600. The first-order valence-corrected chi connectivity index (χ1v) is 6.94. The van der Waals surface area contributed by atoms with Crippen LogP contribution in [0.1, 0.15) is 24.2 Å². The van der Waals surface area contributed by atoms with Gasteiger partial charge in [-0.15, -0.1) is 11.6 Å². The van der Waals surface area contributed by atoms with Crippen LogP contribution >= 0.6 is 27.5 Å². The number of rotatable bonds is 3. The molecule has 0 aliphatic carbocycles. The first kappa shape index (κ1) is 12.4. The van der Waals surface area contributed by atoms with Crippen molar-refractivity contribution in [1.29, 1.82) is 0 Å². The highest BCUT2D eigenvalue weighted by atomic mass is 79.9. The number of hydrogen-bond donors (Lipinski definition) is 0. The number of hydrogen-bond acceptors (Lipinski definition) is 2. The van der Waals surface area contributed by atoms with Gasteiger partial charge in [-0.2, -0.15) is 5.10 Å². The molecule has 1 atom stereocenters. The Kier molecular flexibility index (Phi) is 3.93. The first-order chi connectivity index (χ1) is 7.63. The Morgan fingerprint density at radius 1 is 1.56 bits per heavy atom. The number of aromatic nitrogens is 2. The van der Waals surface area contributed by atoms with Gasteiger partial charge in [0, 0.05) is 25.5 Å². The van der Waals surface area contributed by atoms with Gasteiger partial charge in [-0.05, 0) is 42.2 Å². The molecule has 1 aromatic rings. The molecular weight excluding hydrogens is 289 g/mol. The molecule has 2 rings (SSSR count). The van der Waals surface area contributed by atoms with Crippen LogP contribution in [-0.4, -0.2) is 33.1 Å². The molecule has 0 radical (unpaired) electrons. The van der Waals surface area contributed by atoms with Crippen molar-refractivity contribution < 1.29 is 0 Å². The Bertz CT molecular complexity index is 378. The Morgan fingerprint density at radius 2 is 2.31 bits per heavy atom. The molecule has 1 aliphatic heterocycles. The lowest BCUT2D eigenvalue weighted by atomic mass is 10.2. The third kappa shape index (κ3) is 2.29. The van der Waals surface area contributed by atoms with E-state index in [9.17, 15) is 0 Å². The molecule has 0 aromatic carbocycles. The fourth-order valence-electron chi connectivity index (χ4n) is 2.32. The predicted molar refractivity (Wildman–Crippen MR) is 69.8 cm³/mol. The molecule has 1 unspecified atom stereocenters. The molecule has 16 heavy (non-hydrogen) atoms. The summed E-state index contributed by atoms with van der Waals surface area (Å²) in [5, 5.41) is 4.41. The van der Waals surface area contributed by atoms with Crippen molar-refractivity contribution in [2.75, 3.05) is 12.4 Å². The molecule has 3 nitrogen and oxygen atoms in total. The van der Waals surface area contributed by atoms with Gasteiger partial charge in [0.25, 0.3) is 0 Å². The number of alkyl halides is 1. The fraction of sp³-hybridized carbons (Fsp3) is 0.727. The van der Waals surface area contributed by atoms with Crippen LogP contribution in [0.15, 0.2) is 4.47 Å². The van der Waals surface area contributed by atoms with Crippen LogP contribution in [0.5, 0.6) is 0 Å². The predicted octanol–water partition coefficient (Wildman–Crippen LogP) is 2.69. The summed E-state index contributed by atoms with van der Waals surface area (Å²) in [6.07, 6.45) is 2.48. The van der Waals surface area contributed by atoms with Crippen LogP contribution in [0.25, 0.3) is 0 Å². The molecule has 2 heterocycles. The Balaban J connectivity index is 2.14. The summed E-state index contributed by atoms with van der Waals surface area (Å²) in [7, 11) is 2.00. The van der Waals surface area contributed by atoms with Gasteiger partial charge < -0.3 is 0 Å². The van der Waals surface area contributed by atoms with Crippen molar-refractivity contribution in [1.82, 2.24) is 14.7 Å². The lowest BCUT2D eigenvalue weighted by Crippen LogP contribution is -2.31. The van der Waals surface area contributed by atoms with E-state index in [1.165, 1.54) is 18.5 Å². The van der Waals surface area contributed by atoms with Gasteiger partial charge in [0.1, 0.15) is 0 Å². The summed E-state index contributed by atoms with van der Waals surface area (Å²) in [4.78, 5) is 2.45. The zero-order valence-corrected chi connectivity index (χ0v) is 12.1. The van der Waals surface area contributed by atoms with Gasteiger partial charge in [0.05, 0.1) is 15.9 Å². The Morgan fingerprint density at radius 3 is 2.88 bits per heavy atom. The highest BCUT2D eigenvalue weighted by Crippen LogP contribution is 2.26. The minimum atomic E-state index is 0.531. The normalized spacial score (nSPS) is 21.9. The first-order valence-electron chi connectivity index (χ1n) is 5.61. The van der Waals surface area contributed by atoms with Gasteiger partial charge in [-0.1, -0.05) is 0 Å². The van der Waals surface area contributed by atoms with Gasteiger partial charge >= 0.3 is 0 Å². The summed E-state index contributed by atoms with van der Waals surface area (Å²) in [6.45, 7) is 4.11. The largest absolute Gasteiger partial charge is 0.293 e. The van der Waals surface area contributed by atoms with E-state index in [-0.39, 0.29) is 0 Å². The SMILES string of the molecule is Cc1nn(C)c(CN2CCCC2CCl)c1Br. The van der Waals surface area contributed by atoms with Crippen LogP contribution in [0.3, 0.4) is 0 Å². The van der Waals surface area contributed by atoms with Crippen LogP contribution in [-0.2, 0) is 13.6 Å². The van der Waals surface area contributed by atoms with E-state index in [1.807, 2.05) is 18.7 Å². The molecule has 1 saturated heterocycles. The molecule has 0 N–H and O–H groups in total. The molecule has 0 bridgehead atoms. The smallest absolute Gasteiger partial charge is 0.0739 e. The van der Waals surface area contributed by atoms with Crippen molar-refractivity contribution in [2.45, 2.75) is 32.4 Å². The second-order valence-electron chi connectivity index (χ2n) is 4.39. The highest BCUT2D eigenvalue weighted by Gasteiger charge is 2.25. The van der Waals surface area contributed by atoms with Gasteiger partial charge in [0.2, 0.25) is 0 Å². The van der Waals surface area contributed by atoms with E-state index in [2.05, 4.69) is 25.9 Å². The van der Waals surface area contributed by atoms with Crippen molar-refractivity contribution in [2.24, 2.45) is 7.05 Å². The lowest BCUT2D eigenvalue weighted by Gasteiger charge is -2.22. The molecule has 90 valence electrons. The average Bonchev–Trinajstić information content (AvgIpc) is 2.79. The van der Waals surface area contributed by atoms with Crippen molar-refractivity contribution in [3.63, 3.8) is 0 Å². The van der Waals surface area contributed by atoms with Crippen LogP contribution < -0.4 is 0 Å². The maximum Gasteiger partial charge on any atom is 0.0739 e. The van der Waals surface area contributed by atoms with E-state index >= 15 is 0 Å². The van der Waals surface area contributed by atoms with E-state index in [1.54, 1.807) is 0 Å². The minimum absolute atomic E-state index is 0.531.